The summed E-state index contributed by atoms with van der Waals surface area (Å²) in [6.07, 6.45) is 0. The molecule has 0 amide bonds. The van der Waals surface area contributed by atoms with E-state index in [0.29, 0.717) is 125 Å². The van der Waals surface area contributed by atoms with Crippen LogP contribution >= 0.6 is 0 Å². The monoisotopic (exact) mass is 457 g/mol. The smallest absolute Gasteiger partial charge is 0.0701 e. The maximum Gasteiger partial charge on any atom is 0.0701 e. The maximum absolute atomic E-state index is 8.54. The van der Waals surface area contributed by atoms with Crippen LogP contribution in [0.25, 0.3) is 0 Å². The molecule has 0 spiro atoms. The van der Waals surface area contributed by atoms with Crippen molar-refractivity contribution in [1.29, 1.82) is 0 Å². The van der Waals surface area contributed by atoms with Gasteiger partial charge in [-0.25, -0.2) is 0 Å². The Morgan fingerprint density at radius 3 is 0.710 bits per heavy atom. The Balaban J connectivity index is 2.98. The Labute approximate surface area is 186 Å². The van der Waals surface area contributed by atoms with Crippen molar-refractivity contribution in [2.24, 2.45) is 5.73 Å². The van der Waals surface area contributed by atoms with Crippen molar-refractivity contribution in [3.8, 4) is 0 Å². The minimum Gasteiger partial charge on any atom is -0.394 e. The molecule has 0 saturated carbocycles. The zero-order valence-corrected chi connectivity index (χ0v) is 18.8. The summed E-state index contributed by atoms with van der Waals surface area (Å²) in [7, 11) is 0. The summed E-state index contributed by atoms with van der Waals surface area (Å²) in [5.74, 6) is 0. The second-order valence-electron chi connectivity index (χ2n) is 6.02. The van der Waals surface area contributed by atoms with Gasteiger partial charge in [0.05, 0.1) is 126 Å². The standard InChI is InChI=1S/C20H43NO10/c21-1-3-23-5-7-25-9-11-27-13-15-29-17-19-31-20-18-30-16-14-28-12-10-26-8-6-24-4-2-22/h22H,1-21H2. The predicted molar refractivity (Wildman–Crippen MR) is 114 cm³/mol. The number of ether oxygens (including phenoxy) is 9. The molecule has 31 heavy (non-hydrogen) atoms. The Morgan fingerprint density at radius 1 is 0.323 bits per heavy atom. The van der Waals surface area contributed by atoms with Crippen LogP contribution in [0.3, 0.4) is 0 Å². The highest BCUT2D eigenvalue weighted by Crippen LogP contribution is 1.86. The first-order chi connectivity index (χ1) is 15.4. The molecule has 0 aliphatic carbocycles. The molecule has 0 rings (SSSR count). The van der Waals surface area contributed by atoms with Gasteiger partial charge in [-0.1, -0.05) is 0 Å². The third-order valence-electron chi connectivity index (χ3n) is 3.47. The highest BCUT2D eigenvalue weighted by molar-refractivity contribution is 4.38. The molecule has 0 aromatic heterocycles. The summed E-state index contributed by atoms with van der Waals surface area (Å²) >= 11 is 0. The first-order valence-electron chi connectivity index (χ1n) is 10.9. The second-order valence-corrected chi connectivity index (χ2v) is 6.02. The Kier molecular flexibility index (Phi) is 29.1. The summed E-state index contributed by atoms with van der Waals surface area (Å²) in [5, 5.41) is 8.54. The summed E-state index contributed by atoms with van der Waals surface area (Å²) in [5.41, 5.74) is 5.31. The fourth-order valence-electron chi connectivity index (χ4n) is 2.01. The van der Waals surface area contributed by atoms with Crippen molar-refractivity contribution >= 4 is 0 Å². The highest BCUT2D eigenvalue weighted by atomic mass is 16.6. The van der Waals surface area contributed by atoms with Gasteiger partial charge in [0, 0.05) is 6.54 Å². The van der Waals surface area contributed by atoms with Crippen molar-refractivity contribution in [1.82, 2.24) is 0 Å². The molecule has 0 unspecified atom stereocenters. The van der Waals surface area contributed by atoms with Gasteiger partial charge in [0.1, 0.15) is 0 Å². The third kappa shape index (κ3) is 29.6. The van der Waals surface area contributed by atoms with Crippen LogP contribution in [0.5, 0.6) is 0 Å². The zero-order valence-electron chi connectivity index (χ0n) is 18.8. The van der Waals surface area contributed by atoms with Crippen molar-refractivity contribution in [2.45, 2.75) is 0 Å². The first-order valence-corrected chi connectivity index (χ1v) is 10.9. The molecule has 11 heteroatoms. The molecule has 0 heterocycles. The summed E-state index contributed by atoms with van der Waals surface area (Å²) < 4.78 is 47.9. The molecule has 3 N–H and O–H groups in total. The molecule has 0 bridgehead atoms. The molecule has 0 radical (unpaired) electrons. The summed E-state index contributed by atoms with van der Waals surface area (Å²) in [6, 6.07) is 0. The Bertz CT molecular complexity index is 288. The lowest BCUT2D eigenvalue weighted by Crippen LogP contribution is -2.15. The van der Waals surface area contributed by atoms with Crippen LogP contribution in [-0.2, 0) is 42.6 Å². The number of hydrogen-bond donors (Lipinski definition) is 2. The predicted octanol–water partition coefficient (Wildman–Crippen LogP) is -0.913. The Hall–Kier alpha value is -0.440. The largest absolute Gasteiger partial charge is 0.394 e. The van der Waals surface area contributed by atoms with E-state index in [2.05, 4.69) is 0 Å². The molecular weight excluding hydrogens is 414 g/mol. The van der Waals surface area contributed by atoms with Crippen molar-refractivity contribution in [2.75, 3.05) is 132 Å². The van der Waals surface area contributed by atoms with E-state index in [0.717, 1.165) is 0 Å². The molecule has 0 fully saturated rings. The van der Waals surface area contributed by atoms with Gasteiger partial charge in [0.25, 0.3) is 0 Å². The van der Waals surface area contributed by atoms with Gasteiger partial charge < -0.3 is 53.5 Å². The summed E-state index contributed by atoms with van der Waals surface area (Å²) in [6.45, 7) is 9.78. The first kappa shape index (κ1) is 30.6. The van der Waals surface area contributed by atoms with E-state index >= 15 is 0 Å². The number of hydrogen-bond acceptors (Lipinski definition) is 11. The number of nitrogens with two attached hydrogens (primary N) is 1. The van der Waals surface area contributed by atoms with Crippen LogP contribution in [-0.4, -0.2) is 137 Å². The zero-order chi connectivity index (χ0) is 22.5. The van der Waals surface area contributed by atoms with Gasteiger partial charge in [-0.05, 0) is 0 Å². The highest BCUT2D eigenvalue weighted by Gasteiger charge is 1.95. The van der Waals surface area contributed by atoms with Crippen LogP contribution in [0, 0.1) is 0 Å². The van der Waals surface area contributed by atoms with E-state index < -0.39 is 0 Å². The molecule has 0 aliphatic rings. The van der Waals surface area contributed by atoms with Gasteiger partial charge in [-0.15, -0.1) is 0 Å². The summed E-state index contributed by atoms with van der Waals surface area (Å²) in [4.78, 5) is 0. The van der Waals surface area contributed by atoms with Gasteiger partial charge in [0.15, 0.2) is 0 Å². The quantitative estimate of drug-likeness (QED) is 0.142. The molecule has 0 aromatic rings. The van der Waals surface area contributed by atoms with E-state index in [1.165, 1.54) is 0 Å². The van der Waals surface area contributed by atoms with E-state index in [4.69, 9.17) is 53.5 Å². The van der Waals surface area contributed by atoms with E-state index in [-0.39, 0.29) is 6.61 Å². The van der Waals surface area contributed by atoms with Crippen LogP contribution in [0.4, 0.5) is 0 Å². The van der Waals surface area contributed by atoms with Gasteiger partial charge in [0.2, 0.25) is 0 Å². The SMILES string of the molecule is NCCOCCOCCOCCOCCOCCOCCOCCOCCOCCO. The molecule has 11 nitrogen and oxygen atoms in total. The van der Waals surface area contributed by atoms with Crippen LogP contribution in [0.15, 0.2) is 0 Å². The molecule has 188 valence electrons. The van der Waals surface area contributed by atoms with Crippen LogP contribution in [0.2, 0.25) is 0 Å². The van der Waals surface area contributed by atoms with Crippen molar-refractivity contribution < 1.29 is 47.7 Å². The molecule has 0 saturated heterocycles. The molecule has 0 atom stereocenters. The minimum atomic E-state index is 0.0301. The molecular formula is C20H43NO10. The van der Waals surface area contributed by atoms with E-state index in [9.17, 15) is 0 Å². The second kappa shape index (κ2) is 29.6. The lowest BCUT2D eigenvalue weighted by Gasteiger charge is -2.08. The third-order valence-corrected chi connectivity index (χ3v) is 3.47. The van der Waals surface area contributed by atoms with E-state index in [1.807, 2.05) is 0 Å². The van der Waals surface area contributed by atoms with E-state index in [1.54, 1.807) is 0 Å². The molecule has 0 aromatic carbocycles. The normalized spacial score (nSPS) is 11.4. The number of aliphatic hydroxyl groups is 1. The Morgan fingerprint density at radius 2 is 0.516 bits per heavy atom. The van der Waals surface area contributed by atoms with Gasteiger partial charge in [-0.2, -0.15) is 0 Å². The van der Waals surface area contributed by atoms with Crippen molar-refractivity contribution in [3.05, 3.63) is 0 Å². The van der Waals surface area contributed by atoms with Crippen LogP contribution in [0.1, 0.15) is 0 Å². The molecule has 0 aliphatic heterocycles. The number of rotatable bonds is 28. The van der Waals surface area contributed by atoms with Gasteiger partial charge in [-0.3, -0.25) is 0 Å². The minimum absolute atomic E-state index is 0.0301. The fraction of sp³-hybridized carbons (Fsp3) is 1.00. The lowest BCUT2D eigenvalue weighted by atomic mass is 10.6. The fourth-order valence-corrected chi connectivity index (χ4v) is 2.01. The topological polar surface area (TPSA) is 129 Å². The van der Waals surface area contributed by atoms with Crippen molar-refractivity contribution in [3.63, 3.8) is 0 Å². The average Bonchev–Trinajstić information content (AvgIpc) is 2.78. The van der Waals surface area contributed by atoms with Crippen LogP contribution < -0.4 is 5.73 Å². The maximum atomic E-state index is 8.54. The number of aliphatic hydroxyl groups excluding tert-OH is 1. The van der Waals surface area contributed by atoms with Gasteiger partial charge >= 0.3 is 0 Å². The lowest BCUT2D eigenvalue weighted by molar-refractivity contribution is -0.0254. The average molecular weight is 458 g/mol.